The molecule has 0 aromatic heterocycles. The van der Waals surface area contributed by atoms with E-state index in [9.17, 15) is 9.59 Å². The highest BCUT2D eigenvalue weighted by molar-refractivity contribution is 5.87. The Balaban J connectivity index is 3.07. The van der Waals surface area contributed by atoms with Crippen LogP contribution in [-0.2, 0) is 9.59 Å². The first-order valence-corrected chi connectivity index (χ1v) is 7.76. The van der Waals surface area contributed by atoms with Gasteiger partial charge >= 0.3 is 0 Å². The quantitative estimate of drug-likeness (QED) is 0.764. The van der Waals surface area contributed by atoms with Crippen molar-refractivity contribution in [2.24, 2.45) is 17.3 Å². The van der Waals surface area contributed by atoms with E-state index in [-0.39, 0.29) is 34.7 Å². The Morgan fingerprint density at radius 1 is 1.00 bits per heavy atom. The van der Waals surface area contributed by atoms with Gasteiger partial charge < -0.3 is 0 Å². The third kappa shape index (κ3) is 4.80. The molecule has 1 aromatic carbocycles. The van der Waals surface area contributed by atoms with E-state index in [1.54, 1.807) is 0 Å². The highest BCUT2D eigenvalue weighted by Crippen LogP contribution is 2.33. The fourth-order valence-electron chi connectivity index (χ4n) is 2.51. The van der Waals surface area contributed by atoms with Crippen molar-refractivity contribution in [2.45, 2.75) is 53.9 Å². The van der Waals surface area contributed by atoms with Crippen molar-refractivity contribution in [3.63, 3.8) is 0 Å². The lowest BCUT2D eigenvalue weighted by molar-refractivity contribution is -0.129. The molecule has 0 aliphatic heterocycles. The van der Waals surface area contributed by atoms with Crippen molar-refractivity contribution in [3.8, 4) is 0 Å². The van der Waals surface area contributed by atoms with Gasteiger partial charge in [0, 0.05) is 29.6 Å². The van der Waals surface area contributed by atoms with Gasteiger partial charge in [-0.05, 0) is 5.56 Å². The van der Waals surface area contributed by atoms with Gasteiger partial charge in [0.25, 0.3) is 0 Å². The molecule has 0 saturated heterocycles. The number of hydrogen-bond acceptors (Lipinski definition) is 2. The summed E-state index contributed by atoms with van der Waals surface area (Å²) in [6.45, 7) is 11.6. The zero-order chi connectivity index (χ0) is 16.2. The van der Waals surface area contributed by atoms with E-state index in [0.717, 1.165) is 5.56 Å². The molecule has 2 atom stereocenters. The molecule has 0 amide bonds. The van der Waals surface area contributed by atoms with Gasteiger partial charge in [0.2, 0.25) is 0 Å². The minimum Gasteiger partial charge on any atom is -0.299 e. The molecule has 0 fully saturated rings. The van der Waals surface area contributed by atoms with Crippen molar-refractivity contribution in [1.29, 1.82) is 0 Å². The van der Waals surface area contributed by atoms with Crippen LogP contribution in [0, 0.1) is 17.3 Å². The van der Waals surface area contributed by atoms with Crippen molar-refractivity contribution in [1.82, 2.24) is 0 Å². The number of hydrogen-bond donors (Lipinski definition) is 0. The van der Waals surface area contributed by atoms with Crippen LogP contribution in [-0.4, -0.2) is 11.6 Å². The second kappa shape index (κ2) is 7.02. The third-order valence-electron chi connectivity index (χ3n) is 4.09. The summed E-state index contributed by atoms with van der Waals surface area (Å²) in [6, 6.07) is 9.93. The van der Waals surface area contributed by atoms with Crippen LogP contribution in [0.1, 0.15) is 59.4 Å². The lowest BCUT2D eigenvalue weighted by atomic mass is 9.75. The molecule has 0 unspecified atom stereocenters. The molecule has 1 rings (SSSR count). The fourth-order valence-corrected chi connectivity index (χ4v) is 2.51. The van der Waals surface area contributed by atoms with Gasteiger partial charge in [0.1, 0.15) is 11.6 Å². The van der Waals surface area contributed by atoms with Gasteiger partial charge in [-0.2, -0.15) is 0 Å². The van der Waals surface area contributed by atoms with Gasteiger partial charge in [-0.25, -0.2) is 0 Å². The summed E-state index contributed by atoms with van der Waals surface area (Å²) < 4.78 is 0. The Morgan fingerprint density at radius 3 is 1.95 bits per heavy atom. The number of carbonyl (C=O) groups excluding carboxylic acids is 2. The van der Waals surface area contributed by atoms with Crippen LogP contribution < -0.4 is 0 Å². The highest BCUT2D eigenvalue weighted by Gasteiger charge is 2.32. The van der Waals surface area contributed by atoms with Crippen molar-refractivity contribution >= 4 is 11.6 Å². The van der Waals surface area contributed by atoms with Crippen LogP contribution in [0.5, 0.6) is 0 Å². The number of ketones is 2. The summed E-state index contributed by atoms with van der Waals surface area (Å²) >= 11 is 0. The minimum absolute atomic E-state index is 0.00375. The molecule has 0 radical (unpaired) electrons. The predicted molar refractivity (Wildman–Crippen MR) is 87.3 cm³/mol. The molecule has 0 aliphatic rings. The lowest BCUT2D eigenvalue weighted by Crippen LogP contribution is -2.29. The van der Waals surface area contributed by atoms with E-state index in [2.05, 4.69) is 0 Å². The first-order valence-electron chi connectivity index (χ1n) is 7.76. The summed E-state index contributed by atoms with van der Waals surface area (Å²) in [4.78, 5) is 24.8. The van der Waals surface area contributed by atoms with Gasteiger partial charge in [0.15, 0.2) is 0 Å². The molecule has 0 heterocycles. The molecule has 1 aromatic rings. The second-order valence-electron chi connectivity index (χ2n) is 7.24. The Kier molecular flexibility index (Phi) is 5.88. The summed E-state index contributed by atoms with van der Waals surface area (Å²) in [5.74, 6) is 0.257. The molecule has 0 aliphatic carbocycles. The number of carbonyl (C=O) groups is 2. The number of rotatable bonds is 6. The average molecular weight is 288 g/mol. The van der Waals surface area contributed by atoms with E-state index in [1.807, 2.05) is 71.9 Å². The molecule has 0 spiro atoms. The van der Waals surface area contributed by atoms with Crippen LogP contribution in [0.25, 0.3) is 0 Å². The van der Waals surface area contributed by atoms with Crippen LogP contribution in [0.4, 0.5) is 0 Å². The number of Topliss-reactive ketones (excluding diaryl/α,β-unsaturated/α-hetero) is 2. The predicted octanol–water partition coefficient (Wildman–Crippen LogP) is 4.64. The average Bonchev–Trinajstić information content (AvgIpc) is 2.42. The van der Waals surface area contributed by atoms with Gasteiger partial charge in [0.05, 0.1) is 0 Å². The molecular formula is C19H28O2. The van der Waals surface area contributed by atoms with E-state index >= 15 is 0 Å². The van der Waals surface area contributed by atoms with E-state index in [0.29, 0.717) is 6.42 Å². The van der Waals surface area contributed by atoms with Crippen LogP contribution in [0.15, 0.2) is 30.3 Å². The molecule has 0 saturated carbocycles. The normalized spacial score (nSPS) is 14.8. The minimum atomic E-state index is -0.367. The monoisotopic (exact) mass is 288 g/mol. The van der Waals surface area contributed by atoms with E-state index < -0.39 is 0 Å². The zero-order valence-corrected chi connectivity index (χ0v) is 14.1. The van der Waals surface area contributed by atoms with Gasteiger partial charge in [-0.15, -0.1) is 0 Å². The smallest absolute Gasteiger partial charge is 0.138 e. The molecular weight excluding hydrogens is 260 g/mol. The van der Waals surface area contributed by atoms with Crippen LogP contribution in [0.2, 0.25) is 0 Å². The van der Waals surface area contributed by atoms with Crippen molar-refractivity contribution < 1.29 is 9.59 Å². The van der Waals surface area contributed by atoms with Gasteiger partial charge in [-0.3, -0.25) is 9.59 Å². The largest absolute Gasteiger partial charge is 0.299 e. The van der Waals surface area contributed by atoms with Crippen molar-refractivity contribution in [3.05, 3.63) is 35.9 Å². The summed E-state index contributed by atoms with van der Waals surface area (Å²) in [5.41, 5.74) is 0.713. The molecule has 2 heteroatoms. The SMILES string of the molecule is CC(C)C(=O)[C@@H](C)[C@H](CC(=O)C(C)(C)C)c1ccccc1. The maximum atomic E-state index is 12.4. The van der Waals surface area contributed by atoms with Crippen molar-refractivity contribution in [2.75, 3.05) is 0 Å². The third-order valence-corrected chi connectivity index (χ3v) is 4.09. The molecule has 0 N–H and O–H groups in total. The zero-order valence-electron chi connectivity index (χ0n) is 14.1. The second-order valence-corrected chi connectivity index (χ2v) is 7.24. The maximum Gasteiger partial charge on any atom is 0.138 e. The Bertz CT molecular complexity index is 480. The van der Waals surface area contributed by atoms with Crippen LogP contribution in [0.3, 0.4) is 0 Å². The first kappa shape index (κ1) is 17.6. The topological polar surface area (TPSA) is 34.1 Å². The molecule has 21 heavy (non-hydrogen) atoms. The maximum absolute atomic E-state index is 12.4. The Morgan fingerprint density at radius 2 is 1.52 bits per heavy atom. The Hall–Kier alpha value is -1.44. The van der Waals surface area contributed by atoms with E-state index in [4.69, 9.17) is 0 Å². The number of benzene rings is 1. The Labute approximate surface area is 128 Å². The standard InChI is InChI=1S/C19H28O2/c1-13(2)18(21)14(3)16(12-17(20)19(4,5)6)15-10-8-7-9-11-15/h7-11,13-14,16H,12H2,1-6H3/t14-,16-/m0/s1. The lowest BCUT2D eigenvalue weighted by Gasteiger charge is -2.27. The molecule has 116 valence electrons. The van der Waals surface area contributed by atoms with Gasteiger partial charge in [-0.1, -0.05) is 71.9 Å². The van der Waals surface area contributed by atoms with Crippen LogP contribution >= 0.6 is 0 Å². The highest BCUT2D eigenvalue weighted by atomic mass is 16.1. The fraction of sp³-hybridized carbons (Fsp3) is 0.579. The first-order chi connectivity index (χ1) is 9.64. The molecule has 2 nitrogen and oxygen atoms in total. The van der Waals surface area contributed by atoms with E-state index in [1.165, 1.54) is 0 Å². The molecule has 0 bridgehead atoms. The summed E-state index contributed by atoms with van der Waals surface area (Å²) in [6.07, 6.45) is 0.424. The summed E-state index contributed by atoms with van der Waals surface area (Å²) in [5, 5.41) is 0. The summed E-state index contributed by atoms with van der Waals surface area (Å²) in [7, 11) is 0.